The second-order valence-electron chi connectivity index (χ2n) is 7.05. The SMILES string of the molecule is COCCCn1c(CN(C)CC2Cc3ccccc3O2)cnc1S(C)(=O)=O. The van der Waals surface area contributed by atoms with E-state index in [9.17, 15) is 8.42 Å². The standard InChI is InChI=1S/C19H27N3O4S/c1-21(14-17-11-15-7-4-5-8-18(15)26-17)13-16-12-20-19(27(3,23)24)22(16)9-6-10-25-2/h4-5,7-8,12,17H,6,9-11,13-14H2,1-3H3. The molecule has 8 heteroatoms. The lowest BCUT2D eigenvalue weighted by atomic mass is 10.1. The van der Waals surface area contributed by atoms with E-state index in [1.807, 2.05) is 25.2 Å². The van der Waals surface area contributed by atoms with E-state index in [1.54, 1.807) is 17.9 Å². The molecular formula is C19H27N3O4S. The lowest BCUT2D eigenvalue weighted by Gasteiger charge is -2.21. The van der Waals surface area contributed by atoms with Crippen molar-refractivity contribution in [3.63, 3.8) is 0 Å². The van der Waals surface area contributed by atoms with Crippen LogP contribution in [-0.4, -0.2) is 62.5 Å². The van der Waals surface area contributed by atoms with Gasteiger partial charge in [0, 0.05) is 46.0 Å². The van der Waals surface area contributed by atoms with Crippen LogP contribution in [0.15, 0.2) is 35.6 Å². The summed E-state index contributed by atoms with van der Waals surface area (Å²) >= 11 is 0. The van der Waals surface area contributed by atoms with Gasteiger partial charge < -0.3 is 14.0 Å². The molecule has 0 N–H and O–H groups in total. The van der Waals surface area contributed by atoms with Crippen molar-refractivity contribution in [2.24, 2.45) is 0 Å². The summed E-state index contributed by atoms with van der Waals surface area (Å²) in [5.74, 6) is 0.958. The zero-order valence-electron chi connectivity index (χ0n) is 16.1. The summed E-state index contributed by atoms with van der Waals surface area (Å²) in [6, 6.07) is 8.10. The maximum atomic E-state index is 12.0. The van der Waals surface area contributed by atoms with Crippen LogP contribution in [0.4, 0.5) is 0 Å². The Bertz CT molecular complexity index is 854. The molecule has 1 aromatic carbocycles. The number of aromatic nitrogens is 2. The topological polar surface area (TPSA) is 73.7 Å². The highest BCUT2D eigenvalue weighted by atomic mass is 32.2. The number of hydrogen-bond donors (Lipinski definition) is 0. The zero-order valence-corrected chi connectivity index (χ0v) is 16.9. The average Bonchev–Trinajstić information content (AvgIpc) is 3.18. The Labute approximate surface area is 160 Å². The lowest BCUT2D eigenvalue weighted by molar-refractivity contribution is 0.162. The van der Waals surface area contributed by atoms with E-state index in [-0.39, 0.29) is 11.3 Å². The molecule has 0 radical (unpaired) electrons. The molecule has 1 aromatic heterocycles. The van der Waals surface area contributed by atoms with Crippen LogP contribution in [0, 0.1) is 0 Å². The number of ether oxygens (including phenoxy) is 2. The summed E-state index contributed by atoms with van der Waals surface area (Å²) in [6.45, 7) is 2.49. The number of benzene rings is 1. The minimum Gasteiger partial charge on any atom is -0.488 e. The third-order valence-electron chi connectivity index (χ3n) is 4.62. The van der Waals surface area contributed by atoms with E-state index in [0.717, 1.165) is 30.8 Å². The third-order valence-corrected chi connectivity index (χ3v) is 5.61. The van der Waals surface area contributed by atoms with Gasteiger partial charge in [0.25, 0.3) is 0 Å². The fraction of sp³-hybridized carbons (Fsp3) is 0.526. The predicted octanol–water partition coefficient (Wildman–Crippen LogP) is 1.76. The van der Waals surface area contributed by atoms with Gasteiger partial charge in [0.1, 0.15) is 11.9 Å². The van der Waals surface area contributed by atoms with Gasteiger partial charge in [-0.15, -0.1) is 0 Å². The van der Waals surface area contributed by atoms with Gasteiger partial charge in [-0.25, -0.2) is 13.4 Å². The van der Waals surface area contributed by atoms with Crippen molar-refractivity contribution in [2.75, 3.05) is 33.6 Å². The summed E-state index contributed by atoms with van der Waals surface area (Å²) in [5.41, 5.74) is 2.12. The maximum absolute atomic E-state index is 12.0. The summed E-state index contributed by atoms with van der Waals surface area (Å²) < 4.78 is 37.0. The first-order chi connectivity index (χ1) is 12.9. The number of nitrogens with zero attached hydrogens (tertiary/aromatic N) is 3. The Hall–Kier alpha value is -1.90. The molecular weight excluding hydrogens is 366 g/mol. The molecule has 3 rings (SSSR count). The number of rotatable bonds is 9. The van der Waals surface area contributed by atoms with Crippen LogP contribution in [0.1, 0.15) is 17.7 Å². The first-order valence-corrected chi connectivity index (χ1v) is 10.9. The molecule has 0 spiro atoms. The summed E-state index contributed by atoms with van der Waals surface area (Å²) in [4.78, 5) is 6.30. The van der Waals surface area contributed by atoms with Crippen molar-refractivity contribution in [2.45, 2.75) is 37.2 Å². The van der Waals surface area contributed by atoms with Crippen molar-refractivity contribution >= 4 is 9.84 Å². The quantitative estimate of drug-likeness (QED) is 0.605. The molecule has 148 valence electrons. The Morgan fingerprint density at radius 1 is 1.37 bits per heavy atom. The highest BCUT2D eigenvalue weighted by Gasteiger charge is 2.25. The lowest BCUT2D eigenvalue weighted by Crippen LogP contribution is -2.32. The minimum absolute atomic E-state index is 0.103. The number of likely N-dealkylation sites (N-methyl/N-ethyl adjacent to an activating group) is 1. The third kappa shape index (κ3) is 4.88. The molecule has 0 aliphatic carbocycles. The van der Waals surface area contributed by atoms with Crippen molar-refractivity contribution < 1.29 is 17.9 Å². The van der Waals surface area contributed by atoms with E-state index < -0.39 is 9.84 Å². The van der Waals surface area contributed by atoms with Gasteiger partial charge in [-0.3, -0.25) is 4.90 Å². The van der Waals surface area contributed by atoms with Crippen molar-refractivity contribution in [3.05, 3.63) is 41.7 Å². The molecule has 0 saturated heterocycles. The Balaban J connectivity index is 1.67. The van der Waals surface area contributed by atoms with Crippen molar-refractivity contribution in [1.82, 2.24) is 14.5 Å². The fourth-order valence-corrected chi connectivity index (χ4v) is 4.32. The molecule has 1 aliphatic rings. The molecule has 0 amide bonds. The molecule has 0 fully saturated rings. The molecule has 2 aromatic rings. The number of fused-ring (bicyclic) bond motifs is 1. The second kappa shape index (κ2) is 8.41. The highest BCUT2D eigenvalue weighted by Crippen LogP contribution is 2.28. The largest absolute Gasteiger partial charge is 0.488 e. The number of methoxy groups -OCH3 is 1. The van der Waals surface area contributed by atoms with Gasteiger partial charge in [0.05, 0.1) is 11.9 Å². The molecule has 1 atom stereocenters. The van der Waals surface area contributed by atoms with Gasteiger partial charge in [-0.2, -0.15) is 0 Å². The first-order valence-electron chi connectivity index (χ1n) is 9.05. The van der Waals surface area contributed by atoms with Gasteiger partial charge in [0.2, 0.25) is 15.0 Å². The summed E-state index contributed by atoms with van der Waals surface area (Å²) in [7, 11) is 0.275. The molecule has 0 bridgehead atoms. The zero-order chi connectivity index (χ0) is 19.4. The first kappa shape index (κ1) is 19.9. The van der Waals surface area contributed by atoms with Crippen molar-refractivity contribution in [3.8, 4) is 5.75 Å². The Kier molecular flexibility index (Phi) is 6.18. The van der Waals surface area contributed by atoms with Crippen LogP contribution in [0.5, 0.6) is 5.75 Å². The smallest absolute Gasteiger partial charge is 0.227 e. The number of para-hydroxylation sites is 1. The Morgan fingerprint density at radius 3 is 2.85 bits per heavy atom. The fourth-order valence-electron chi connectivity index (χ4n) is 3.46. The Morgan fingerprint density at radius 2 is 2.15 bits per heavy atom. The molecule has 27 heavy (non-hydrogen) atoms. The van der Waals surface area contributed by atoms with Gasteiger partial charge >= 0.3 is 0 Å². The molecule has 1 aliphatic heterocycles. The van der Waals surface area contributed by atoms with E-state index >= 15 is 0 Å². The van der Waals surface area contributed by atoms with Crippen LogP contribution >= 0.6 is 0 Å². The van der Waals surface area contributed by atoms with E-state index in [0.29, 0.717) is 19.7 Å². The minimum atomic E-state index is -3.38. The van der Waals surface area contributed by atoms with Crippen LogP contribution < -0.4 is 4.74 Å². The molecule has 0 saturated carbocycles. The molecule has 2 heterocycles. The van der Waals surface area contributed by atoms with Gasteiger partial charge in [0.15, 0.2) is 0 Å². The molecule has 1 unspecified atom stereocenters. The van der Waals surface area contributed by atoms with E-state index in [2.05, 4.69) is 16.0 Å². The summed E-state index contributed by atoms with van der Waals surface area (Å²) in [6.07, 6.45) is 4.57. The van der Waals surface area contributed by atoms with Crippen molar-refractivity contribution in [1.29, 1.82) is 0 Å². The predicted molar refractivity (Wildman–Crippen MR) is 103 cm³/mol. The van der Waals surface area contributed by atoms with Crippen LogP contribution in [0.3, 0.4) is 0 Å². The second-order valence-corrected chi connectivity index (χ2v) is 8.96. The monoisotopic (exact) mass is 393 g/mol. The van der Waals surface area contributed by atoms with Crippen LogP contribution in [0.2, 0.25) is 0 Å². The highest BCUT2D eigenvalue weighted by molar-refractivity contribution is 7.90. The number of hydrogen-bond acceptors (Lipinski definition) is 6. The van der Waals surface area contributed by atoms with Crippen LogP contribution in [0.25, 0.3) is 0 Å². The van der Waals surface area contributed by atoms with Gasteiger partial charge in [-0.05, 0) is 25.1 Å². The number of sulfone groups is 1. The number of imidazole rings is 1. The van der Waals surface area contributed by atoms with E-state index in [1.165, 1.54) is 11.8 Å². The maximum Gasteiger partial charge on any atom is 0.227 e. The molecule has 7 nitrogen and oxygen atoms in total. The normalized spacial score (nSPS) is 16.5. The van der Waals surface area contributed by atoms with E-state index in [4.69, 9.17) is 9.47 Å². The van der Waals surface area contributed by atoms with Crippen LogP contribution in [-0.2, 0) is 34.1 Å². The van der Waals surface area contributed by atoms with Gasteiger partial charge in [-0.1, -0.05) is 18.2 Å². The average molecular weight is 394 g/mol. The summed E-state index contributed by atoms with van der Waals surface area (Å²) in [5, 5.41) is 0.117.